The highest BCUT2D eigenvalue weighted by molar-refractivity contribution is 5.89. The van der Waals surface area contributed by atoms with E-state index in [9.17, 15) is 9.59 Å². The van der Waals surface area contributed by atoms with Gasteiger partial charge in [0.1, 0.15) is 0 Å². The number of hydrogen-bond acceptors (Lipinski definition) is 5. The standard InChI is InChI=1S/C8H12O5/c1-3-11-7(9)5-6(13-5)8(10)12-4-2/h5-6H,3-4H2,1-2H3/t5-,6-/m1/s1. The van der Waals surface area contributed by atoms with Crippen LogP contribution in [-0.2, 0) is 23.8 Å². The Morgan fingerprint density at radius 1 is 1.08 bits per heavy atom. The van der Waals surface area contributed by atoms with Gasteiger partial charge in [-0.15, -0.1) is 0 Å². The Bertz CT molecular complexity index is 191. The van der Waals surface area contributed by atoms with Crippen molar-refractivity contribution in [3.8, 4) is 0 Å². The molecule has 74 valence electrons. The van der Waals surface area contributed by atoms with Gasteiger partial charge in [0.15, 0.2) is 12.2 Å². The van der Waals surface area contributed by atoms with Crippen LogP contribution in [-0.4, -0.2) is 37.4 Å². The van der Waals surface area contributed by atoms with E-state index >= 15 is 0 Å². The minimum absolute atomic E-state index is 0.286. The molecule has 0 unspecified atom stereocenters. The van der Waals surface area contributed by atoms with Crippen molar-refractivity contribution in [2.45, 2.75) is 26.1 Å². The fraction of sp³-hybridized carbons (Fsp3) is 0.750. The maximum absolute atomic E-state index is 11.0. The molecule has 0 aromatic rings. The molecule has 0 amide bonds. The Balaban J connectivity index is 2.29. The monoisotopic (exact) mass is 188 g/mol. The van der Waals surface area contributed by atoms with Crippen LogP contribution in [0.2, 0.25) is 0 Å². The molecule has 0 bridgehead atoms. The van der Waals surface area contributed by atoms with Gasteiger partial charge < -0.3 is 14.2 Å². The number of ether oxygens (including phenoxy) is 3. The molecule has 1 saturated heterocycles. The Morgan fingerprint density at radius 2 is 1.46 bits per heavy atom. The van der Waals surface area contributed by atoms with Crippen LogP contribution in [0.15, 0.2) is 0 Å². The van der Waals surface area contributed by atoms with Crippen LogP contribution in [0.1, 0.15) is 13.8 Å². The Morgan fingerprint density at radius 3 is 1.77 bits per heavy atom. The van der Waals surface area contributed by atoms with Gasteiger partial charge in [0.2, 0.25) is 0 Å². The third kappa shape index (κ3) is 2.42. The second kappa shape index (κ2) is 4.23. The number of hydrogen-bond donors (Lipinski definition) is 0. The van der Waals surface area contributed by atoms with Crippen LogP contribution in [0.3, 0.4) is 0 Å². The van der Waals surface area contributed by atoms with E-state index in [1.165, 1.54) is 0 Å². The molecule has 0 aromatic heterocycles. The average molecular weight is 188 g/mol. The number of epoxide rings is 1. The number of esters is 2. The molecule has 5 heteroatoms. The molecule has 5 nitrogen and oxygen atoms in total. The third-order valence-corrected chi connectivity index (χ3v) is 1.53. The summed E-state index contributed by atoms with van der Waals surface area (Å²) >= 11 is 0. The third-order valence-electron chi connectivity index (χ3n) is 1.53. The second-order valence-corrected chi connectivity index (χ2v) is 2.48. The van der Waals surface area contributed by atoms with Crippen molar-refractivity contribution in [2.75, 3.05) is 13.2 Å². The normalized spacial score (nSPS) is 25.1. The highest BCUT2D eigenvalue weighted by atomic mass is 16.7. The smallest absolute Gasteiger partial charge is 0.338 e. The molecule has 1 aliphatic rings. The van der Waals surface area contributed by atoms with Gasteiger partial charge in [0.05, 0.1) is 13.2 Å². The average Bonchev–Trinajstić information content (AvgIpc) is 2.84. The summed E-state index contributed by atoms with van der Waals surface area (Å²) in [5, 5.41) is 0. The van der Waals surface area contributed by atoms with Crippen molar-refractivity contribution < 1.29 is 23.8 Å². The van der Waals surface area contributed by atoms with Crippen molar-refractivity contribution in [1.29, 1.82) is 0 Å². The molecule has 1 aliphatic heterocycles. The molecule has 2 atom stereocenters. The van der Waals surface area contributed by atoms with Crippen LogP contribution >= 0.6 is 0 Å². The predicted molar refractivity (Wildman–Crippen MR) is 41.9 cm³/mol. The van der Waals surface area contributed by atoms with Crippen LogP contribution in [0.25, 0.3) is 0 Å². The van der Waals surface area contributed by atoms with E-state index in [0.717, 1.165) is 0 Å². The number of carbonyl (C=O) groups excluding carboxylic acids is 2. The first kappa shape index (κ1) is 9.98. The molecule has 0 radical (unpaired) electrons. The van der Waals surface area contributed by atoms with Gasteiger partial charge in [0.25, 0.3) is 0 Å². The zero-order chi connectivity index (χ0) is 9.84. The van der Waals surface area contributed by atoms with E-state index in [4.69, 9.17) is 4.74 Å². The Hall–Kier alpha value is -1.10. The minimum atomic E-state index is -0.751. The fourth-order valence-electron chi connectivity index (χ4n) is 0.920. The summed E-state index contributed by atoms with van der Waals surface area (Å²) < 4.78 is 14.1. The first-order chi connectivity index (χ1) is 6.20. The lowest BCUT2D eigenvalue weighted by atomic mass is 10.3. The van der Waals surface area contributed by atoms with Crippen molar-refractivity contribution in [2.24, 2.45) is 0 Å². The zero-order valence-corrected chi connectivity index (χ0v) is 7.61. The SMILES string of the molecule is CCOC(=O)[C@@H]1O[C@H]1C(=O)OCC. The lowest BCUT2D eigenvalue weighted by Gasteiger charge is -1.97. The van der Waals surface area contributed by atoms with Crippen molar-refractivity contribution in [3.05, 3.63) is 0 Å². The van der Waals surface area contributed by atoms with Gasteiger partial charge in [0, 0.05) is 0 Å². The van der Waals surface area contributed by atoms with Crippen molar-refractivity contribution >= 4 is 11.9 Å². The molecule has 0 spiro atoms. The second-order valence-electron chi connectivity index (χ2n) is 2.48. The van der Waals surface area contributed by atoms with Crippen LogP contribution in [0, 0.1) is 0 Å². The quantitative estimate of drug-likeness (QED) is 0.454. The van der Waals surface area contributed by atoms with Crippen LogP contribution in [0.5, 0.6) is 0 Å². The summed E-state index contributed by atoms with van der Waals surface area (Å²) in [6.45, 7) is 3.96. The summed E-state index contributed by atoms with van der Waals surface area (Å²) in [7, 11) is 0. The van der Waals surface area contributed by atoms with Crippen molar-refractivity contribution in [1.82, 2.24) is 0 Å². The van der Waals surface area contributed by atoms with Gasteiger partial charge in [-0.1, -0.05) is 0 Å². The first-order valence-electron chi connectivity index (χ1n) is 4.19. The van der Waals surface area contributed by atoms with Crippen LogP contribution < -0.4 is 0 Å². The maximum Gasteiger partial charge on any atom is 0.338 e. The van der Waals surface area contributed by atoms with E-state index in [2.05, 4.69) is 9.47 Å². The zero-order valence-electron chi connectivity index (χ0n) is 7.61. The summed E-state index contributed by atoms with van der Waals surface area (Å²) in [4.78, 5) is 21.9. The lowest BCUT2D eigenvalue weighted by molar-refractivity contribution is -0.147. The number of rotatable bonds is 4. The van der Waals surface area contributed by atoms with E-state index in [1.54, 1.807) is 13.8 Å². The van der Waals surface area contributed by atoms with Gasteiger partial charge in [-0.3, -0.25) is 0 Å². The summed E-state index contributed by atoms with van der Waals surface area (Å²) in [5.74, 6) is -0.999. The Kier molecular flexibility index (Phi) is 3.25. The molecule has 1 fully saturated rings. The van der Waals surface area contributed by atoms with Crippen molar-refractivity contribution in [3.63, 3.8) is 0 Å². The van der Waals surface area contributed by atoms with Gasteiger partial charge in [-0.2, -0.15) is 0 Å². The van der Waals surface area contributed by atoms with Gasteiger partial charge in [-0.05, 0) is 13.8 Å². The fourth-order valence-corrected chi connectivity index (χ4v) is 0.920. The van der Waals surface area contributed by atoms with E-state index in [0.29, 0.717) is 0 Å². The predicted octanol–water partition coefficient (Wildman–Crippen LogP) is -0.120. The minimum Gasteiger partial charge on any atom is -0.464 e. The highest BCUT2D eigenvalue weighted by Gasteiger charge is 2.52. The lowest BCUT2D eigenvalue weighted by Crippen LogP contribution is -2.20. The largest absolute Gasteiger partial charge is 0.464 e. The maximum atomic E-state index is 11.0. The number of carbonyl (C=O) groups is 2. The highest BCUT2D eigenvalue weighted by Crippen LogP contribution is 2.24. The molecular formula is C8H12O5. The molecule has 1 rings (SSSR count). The topological polar surface area (TPSA) is 65.1 Å². The first-order valence-corrected chi connectivity index (χ1v) is 4.19. The molecule has 0 aromatic carbocycles. The molecule has 13 heavy (non-hydrogen) atoms. The van der Waals surface area contributed by atoms with E-state index in [1.807, 2.05) is 0 Å². The van der Waals surface area contributed by atoms with Gasteiger partial charge >= 0.3 is 11.9 Å². The molecule has 0 saturated carbocycles. The summed E-state index contributed by atoms with van der Waals surface area (Å²) in [6.07, 6.45) is -1.50. The van der Waals surface area contributed by atoms with Crippen LogP contribution in [0.4, 0.5) is 0 Å². The molecule has 0 aliphatic carbocycles. The molecule has 1 heterocycles. The van der Waals surface area contributed by atoms with E-state index in [-0.39, 0.29) is 13.2 Å². The van der Waals surface area contributed by atoms with E-state index < -0.39 is 24.1 Å². The summed E-state index contributed by atoms with van der Waals surface area (Å²) in [5.41, 5.74) is 0. The molecule has 0 N–H and O–H groups in total. The van der Waals surface area contributed by atoms with Gasteiger partial charge in [-0.25, -0.2) is 9.59 Å². The molecular weight excluding hydrogens is 176 g/mol. The Labute approximate surface area is 76.0 Å². The summed E-state index contributed by atoms with van der Waals surface area (Å²) in [6, 6.07) is 0.